The Kier molecular flexibility index (Phi) is 47.4. The van der Waals surface area contributed by atoms with Gasteiger partial charge >= 0.3 is 359 Å². The van der Waals surface area contributed by atoms with E-state index in [1.54, 1.807) is 0 Å². The Bertz CT molecular complexity index is 390. The first-order valence-corrected chi connectivity index (χ1v) is 162. The maximum absolute atomic E-state index is 6.23. The predicted molar refractivity (Wildman–Crippen MR) is 356 cm³/mol. The zero-order chi connectivity index (χ0) is 21.6. The fraction of sp³-hybridized carbons (Fsp3) is 0. The van der Waals surface area contributed by atoms with Crippen LogP contribution < -0.4 is 17.0 Å². The van der Waals surface area contributed by atoms with E-state index in [9.17, 15) is 0 Å². The molecule has 0 saturated carbocycles. The Hall–Kier alpha value is 19.0. The minimum absolute atomic E-state index is 0.176. The molecule has 0 aliphatic heterocycles. The molecule has 0 aromatic heterocycles. The molecule has 27 heteroatoms. The molecule has 0 heterocycles. The zero-order valence-electron chi connectivity index (χ0n) is 10.4. The molecular weight excluding hydrogens is 3310 g/mol. The fourth-order valence-corrected chi connectivity index (χ4v) is 4240. The van der Waals surface area contributed by atoms with Crippen molar-refractivity contribution in [3.05, 3.63) is 0 Å². The van der Waals surface area contributed by atoms with Crippen LogP contribution in [0.2, 0.25) is 0 Å². The molecule has 0 unspecified atom stereocenters. The van der Waals surface area contributed by atoms with Crippen LogP contribution in [0.3, 0.4) is 0 Å². The van der Waals surface area contributed by atoms with Crippen molar-refractivity contribution in [2.75, 3.05) is 0 Å². The third kappa shape index (κ3) is 19.7. The molecule has 0 fully saturated rings. The Morgan fingerprint density at radius 1 is 0.370 bits per heavy atom. The number of halogens is 26. The molecule has 0 aromatic carbocycles. The van der Waals surface area contributed by atoms with Crippen LogP contribution in [0.5, 0.6) is 0 Å². The van der Waals surface area contributed by atoms with Crippen LogP contribution >= 0.6 is 337 Å². The molecule has 0 nitrogen and oxygen atoms in total. The van der Waals surface area contributed by atoms with Crippen LogP contribution in [0.1, 0.15) is 0 Å². The molecule has 0 aliphatic carbocycles. The molecule has 27 heavy (non-hydrogen) atoms. The molecule has 0 saturated heterocycles. The van der Waals surface area contributed by atoms with Crippen molar-refractivity contribution in [2.45, 2.75) is 0 Å². The summed E-state index contributed by atoms with van der Waals surface area (Å²) in [6.07, 6.45) is 0. The van der Waals surface area contributed by atoms with Gasteiger partial charge in [0, 0.05) is 0 Å². The van der Waals surface area contributed by atoms with Gasteiger partial charge in [0.25, 0.3) is 0 Å². The number of rotatable bonds is 12. The van der Waals surface area contributed by atoms with E-state index in [1.807, 2.05) is 0 Å². The van der Waals surface area contributed by atoms with E-state index in [0.717, 1.165) is 0 Å². The van der Waals surface area contributed by atoms with Crippen LogP contribution in [0.15, 0.2) is 0 Å². The topological polar surface area (TPSA) is 0 Å². The average Bonchev–Trinajstić information content (AvgIpc) is 2.66. The molecule has 186 valence electrons. The summed E-state index contributed by atoms with van der Waals surface area (Å²) in [6, 6.07) is 0. The predicted octanol–water partition coefficient (Wildman–Crippen LogP) is 18.8. The van der Waals surface area contributed by atoms with Gasteiger partial charge in [0.05, 0.1) is 0 Å². The molecule has 0 aromatic rings. The van der Waals surface area contributed by atoms with Gasteiger partial charge in [-0.1, -0.05) is 0 Å². The summed E-state index contributed by atoms with van der Waals surface area (Å²) >= 11 is 40.7. The Balaban J connectivity index is 5.06. The third-order valence-electron chi connectivity index (χ3n) is 0.960. The van der Waals surface area contributed by atoms with E-state index in [-0.39, 0.29) is 17.0 Å². The first kappa shape index (κ1) is 46.0. The Morgan fingerprint density at radius 2 is 0.593 bits per heavy atom. The minimum atomic E-state index is -0.563. The summed E-state index contributed by atoms with van der Waals surface area (Å²) in [5, 5.41) is 0. The summed E-state index contributed by atoms with van der Waals surface area (Å²) in [5.74, 6) is 0. The molecule has 0 spiro atoms. The second kappa shape index (κ2) is 27.8. The van der Waals surface area contributed by atoms with Crippen LogP contribution in [-0.4, -0.2) is 5.70 Å². The summed E-state index contributed by atoms with van der Waals surface area (Å²) in [7, 11) is -5.79. The van der Waals surface area contributed by atoms with Gasteiger partial charge in [0.2, 0.25) is 0 Å². The van der Waals surface area contributed by atoms with Gasteiger partial charge in [-0.05, 0) is 0 Å². The second-order valence-electron chi connectivity index (χ2n) is 2.03. The van der Waals surface area contributed by atoms with Crippen LogP contribution in [-0.2, 0) is 0 Å². The molecule has 0 N–H and O–H groups in total. The maximum atomic E-state index is 6.23. The molecule has 0 rings (SSSR count). The van der Waals surface area contributed by atoms with Crippen molar-refractivity contribution in [3.8, 4) is 0 Å². The Labute approximate surface area is 339 Å². The molecule has 0 atom stereocenters. The van der Waals surface area contributed by atoms with Gasteiger partial charge in [0.15, 0.2) is 0 Å². The molecular formula is BI26-. The van der Waals surface area contributed by atoms with Crippen molar-refractivity contribution in [2.24, 2.45) is 0 Å². The van der Waals surface area contributed by atoms with E-state index in [2.05, 4.69) is 242 Å². The first-order chi connectivity index (χ1) is 12.3. The van der Waals surface area contributed by atoms with Gasteiger partial charge in [-0.3, -0.25) is 0 Å². The van der Waals surface area contributed by atoms with Crippen LogP contribution in [0.25, 0.3) is 0 Å². The van der Waals surface area contributed by atoms with E-state index in [0.29, 0.717) is 0 Å². The van der Waals surface area contributed by atoms with Crippen molar-refractivity contribution in [3.63, 3.8) is 0 Å². The Morgan fingerprint density at radius 3 is 0.815 bits per heavy atom. The molecule has 0 amide bonds. The fourth-order valence-electron chi connectivity index (χ4n) is 0.332. The third-order valence-corrected chi connectivity index (χ3v) is 1840. The molecule has 2 radical (unpaired) electrons. The summed E-state index contributed by atoms with van der Waals surface area (Å²) in [5.41, 5.74) is 6.23. The summed E-state index contributed by atoms with van der Waals surface area (Å²) in [4.78, 5) is 0. The van der Waals surface area contributed by atoms with Crippen molar-refractivity contribution in [1.82, 2.24) is 0 Å². The van der Waals surface area contributed by atoms with Crippen LogP contribution in [0, 0.1) is 0 Å². The normalized spacial score (nSPS) is 18.1. The van der Waals surface area contributed by atoms with E-state index >= 15 is 0 Å². The molecule has 0 bridgehead atoms. The van der Waals surface area contributed by atoms with Gasteiger partial charge in [0.1, 0.15) is 0 Å². The quantitative estimate of drug-likeness (QED) is 0.135. The van der Waals surface area contributed by atoms with Gasteiger partial charge in [-0.15, -0.1) is 0 Å². The zero-order valence-corrected chi connectivity index (χ0v) is 66.5. The molecule has 0 aliphatic rings. The van der Waals surface area contributed by atoms with E-state index < -0.39 is 94.7 Å². The average molecular weight is 3310 g/mol. The summed E-state index contributed by atoms with van der Waals surface area (Å²) < 4.78 is 0. The van der Waals surface area contributed by atoms with Crippen LogP contribution in [0.4, 0.5) is 0 Å². The van der Waals surface area contributed by atoms with Crippen molar-refractivity contribution < 1.29 is 17.0 Å². The van der Waals surface area contributed by atoms with Crippen molar-refractivity contribution in [1.29, 1.82) is 0 Å². The SMILES string of the molecule is [B][I-]I(I)I(I)I(I)I(I)I(I)I(I)I(I)I(I)I(I)I(I)I(I)I(I)I. The first-order valence-electron chi connectivity index (χ1n) is 3.79. The van der Waals surface area contributed by atoms with E-state index in [1.165, 1.54) is 0 Å². The standard InChI is InChI=1S/BI26/c1-15-17(4)19(6)21(8)23(10)25(12)27(14)26(13)24(11)22(9)20(7)18(5)16(2)3/q-1. The monoisotopic (exact) mass is 3310 g/mol. The number of hydrogen-bond donors (Lipinski definition) is 0. The summed E-state index contributed by atoms with van der Waals surface area (Å²) in [6.45, 7) is 0. The van der Waals surface area contributed by atoms with Crippen molar-refractivity contribution >= 4 is 342 Å². The van der Waals surface area contributed by atoms with Gasteiger partial charge < -0.3 is 0 Å². The number of hydrogen-bond acceptors (Lipinski definition) is 0. The van der Waals surface area contributed by atoms with Gasteiger partial charge in [-0.25, -0.2) is 0 Å². The van der Waals surface area contributed by atoms with E-state index in [4.69, 9.17) is 5.70 Å². The second-order valence-corrected chi connectivity index (χ2v) is 590. The van der Waals surface area contributed by atoms with Gasteiger partial charge in [-0.2, -0.15) is 0 Å².